The summed E-state index contributed by atoms with van der Waals surface area (Å²) in [5.41, 5.74) is 2.56. The van der Waals surface area contributed by atoms with Crippen molar-refractivity contribution in [2.24, 2.45) is 0 Å². The van der Waals surface area contributed by atoms with Gasteiger partial charge in [-0.25, -0.2) is 0 Å². The number of allylic oxidation sites excluding steroid dienone is 3. The molecule has 4 heteroatoms. The Kier molecular flexibility index (Phi) is 5.27. The molecule has 1 aliphatic heterocycles. The lowest BCUT2D eigenvalue weighted by Gasteiger charge is -2.07. The largest absolute Gasteiger partial charge is 0.489 e. The van der Waals surface area contributed by atoms with Crippen molar-refractivity contribution in [1.82, 2.24) is 0 Å². The molecule has 0 bridgehead atoms. The van der Waals surface area contributed by atoms with E-state index in [1.165, 1.54) is 0 Å². The maximum atomic E-state index is 12.5. The summed E-state index contributed by atoms with van der Waals surface area (Å²) in [5.74, 6) is 1.31. The fraction of sp³-hybridized carbons (Fsp3) is 0.0417. The fourth-order valence-electron chi connectivity index (χ4n) is 2.88. The van der Waals surface area contributed by atoms with E-state index in [4.69, 9.17) is 21.1 Å². The van der Waals surface area contributed by atoms with Crippen LogP contribution in [0.5, 0.6) is 11.5 Å². The number of Topliss-reactive ketones (excluding diaryl/α,β-unsaturated/α-hetero) is 1. The number of carbonyl (C=O) groups excluding carboxylic acids is 1. The number of fused-ring (bicyclic) bond motifs is 1. The van der Waals surface area contributed by atoms with Gasteiger partial charge in [-0.1, -0.05) is 66.2 Å². The van der Waals surface area contributed by atoms with Crippen molar-refractivity contribution in [2.45, 2.75) is 6.61 Å². The minimum atomic E-state index is -0.130. The van der Waals surface area contributed by atoms with E-state index in [2.05, 4.69) is 0 Å². The zero-order valence-corrected chi connectivity index (χ0v) is 15.7. The van der Waals surface area contributed by atoms with E-state index in [0.29, 0.717) is 34.5 Å². The Labute approximate surface area is 168 Å². The lowest BCUT2D eigenvalue weighted by atomic mass is 10.1. The Morgan fingerprint density at radius 1 is 0.964 bits per heavy atom. The molecule has 0 fully saturated rings. The molecule has 28 heavy (non-hydrogen) atoms. The summed E-state index contributed by atoms with van der Waals surface area (Å²) in [7, 11) is 0. The van der Waals surface area contributed by atoms with E-state index in [1.54, 1.807) is 24.3 Å². The number of hydrogen-bond acceptors (Lipinski definition) is 3. The predicted molar refractivity (Wildman–Crippen MR) is 111 cm³/mol. The molecular weight excluding hydrogens is 372 g/mol. The molecule has 0 atom stereocenters. The number of carbonyl (C=O) groups is 1. The first-order valence-electron chi connectivity index (χ1n) is 8.86. The molecule has 3 nitrogen and oxygen atoms in total. The summed E-state index contributed by atoms with van der Waals surface area (Å²) < 4.78 is 11.5. The van der Waals surface area contributed by atoms with Gasteiger partial charge >= 0.3 is 0 Å². The smallest absolute Gasteiger partial charge is 0.231 e. The number of halogens is 1. The second-order valence-corrected chi connectivity index (χ2v) is 6.74. The van der Waals surface area contributed by atoms with Crippen molar-refractivity contribution in [2.75, 3.05) is 0 Å². The van der Waals surface area contributed by atoms with Crippen LogP contribution >= 0.6 is 11.6 Å². The van der Waals surface area contributed by atoms with Gasteiger partial charge in [0, 0.05) is 11.1 Å². The first-order valence-corrected chi connectivity index (χ1v) is 9.24. The molecular formula is C24H17ClO3. The molecule has 3 aromatic rings. The topological polar surface area (TPSA) is 35.5 Å². The highest BCUT2D eigenvalue weighted by molar-refractivity contribution is 6.30. The van der Waals surface area contributed by atoms with Crippen LogP contribution in [0.2, 0.25) is 5.02 Å². The lowest BCUT2D eigenvalue weighted by Crippen LogP contribution is -1.97. The minimum absolute atomic E-state index is 0.130. The number of ether oxygens (including phenoxy) is 2. The lowest BCUT2D eigenvalue weighted by molar-refractivity contribution is 0.101. The van der Waals surface area contributed by atoms with Gasteiger partial charge in [0.15, 0.2) is 5.76 Å². The Hall–Kier alpha value is -3.30. The Bertz CT molecular complexity index is 1070. The van der Waals surface area contributed by atoms with Crippen molar-refractivity contribution in [3.8, 4) is 11.5 Å². The van der Waals surface area contributed by atoms with Gasteiger partial charge in [0.25, 0.3) is 0 Å². The first kappa shape index (κ1) is 18.1. The van der Waals surface area contributed by atoms with Gasteiger partial charge in [0.05, 0.1) is 5.56 Å². The highest BCUT2D eigenvalue weighted by Gasteiger charge is 2.27. The van der Waals surface area contributed by atoms with Crippen LogP contribution in [0.15, 0.2) is 90.7 Å². The fourth-order valence-corrected chi connectivity index (χ4v) is 3.09. The van der Waals surface area contributed by atoms with Gasteiger partial charge in [-0.2, -0.15) is 0 Å². The van der Waals surface area contributed by atoms with Gasteiger partial charge in [0.1, 0.15) is 18.1 Å². The second-order valence-electron chi connectivity index (χ2n) is 6.31. The number of rotatable bonds is 5. The number of benzene rings is 3. The molecule has 0 N–H and O–H groups in total. The number of ketones is 1. The molecule has 138 valence electrons. The predicted octanol–water partition coefficient (Wildman–Crippen LogP) is 6.09. The van der Waals surface area contributed by atoms with Gasteiger partial charge in [-0.3, -0.25) is 4.79 Å². The Morgan fingerprint density at radius 3 is 2.64 bits per heavy atom. The van der Waals surface area contributed by atoms with E-state index < -0.39 is 0 Å². The zero-order valence-electron chi connectivity index (χ0n) is 15.0. The SMILES string of the molecule is O=C1/C(=C\C=C\c2ccccc2)Oc2cc(OCc3cccc(Cl)c3)ccc21. The summed E-state index contributed by atoms with van der Waals surface area (Å²) in [4.78, 5) is 12.5. The van der Waals surface area contributed by atoms with E-state index in [1.807, 2.05) is 66.7 Å². The van der Waals surface area contributed by atoms with Crippen molar-refractivity contribution in [1.29, 1.82) is 0 Å². The molecule has 0 spiro atoms. The minimum Gasteiger partial charge on any atom is -0.489 e. The summed E-state index contributed by atoms with van der Waals surface area (Å²) in [6, 6.07) is 22.6. The van der Waals surface area contributed by atoms with Crippen molar-refractivity contribution < 1.29 is 14.3 Å². The van der Waals surface area contributed by atoms with Gasteiger partial charge < -0.3 is 9.47 Å². The average Bonchev–Trinajstić information content (AvgIpc) is 3.02. The van der Waals surface area contributed by atoms with Crippen LogP contribution in [-0.4, -0.2) is 5.78 Å². The quantitative estimate of drug-likeness (QED) is 0.496. The summed E-state index contributed by atoms with van der Waals surface area (Å²) in [5, 5.41) is 0.669. The summed E-state index contributed by atoms with van der Waals surface area (Å²) in [6.45, 7) is 0.385. The second kappa shape index (κ2) is 8.15. The van der Waals surface area contributed by atoms with Crippen LogP contribution in [-0.2, 0) is 6.61 Å². The maximum absolute atomic E-state index is 12.5. The third-order valence-corrected chi connectivity index (χ3v) is 4.51. The molecule has 0 saturated carbocycles. The maximum Gasteiger partial charge on any atom is 0.231 e. The molecule has 0 aromatic heterocycles. The van der Waals surface area contributed by atoms with Gasteiger partial charge in [0.2, 0.25) is 5.78 Å². The summed E-state index contributed by atoms with van der Waals surface area (Å²) in [6.07, 6.45) is 5.42. The monoisotopic (exact) mass is 388 g/mol. The van der Waals surface area contributed by atoms with Gasteiger partial charge in [-0.05, 0) is 41.5 Å². The molecule has 0 radical (unpaired) electrons. The van der Waals surface area contributed by atoms with Crippen LogP contribution in [0.25, 0.3) is 6.08 Å². The Balaban J connectivity index is 1.45. The molecule has 0 unspecified atom stereocenters. The van der Waals surface area contributed by atoms with Crippen LogP contribution in [0.1, 0.15) is 21.5 Å². The van der Waals surface area contributed by atoms with Crippen molar-refractivity contribution in [3.05, 3.63) is 112 Å². The highest BCUT2D eigenvalue weighted by Crippen LogP contribution is 2.34. The van der Waals surface area contributed by atoms with Gasteiger partial charge in [-0.15, -0.1) is 0 Å². The van der Waals surface area contributed by atoms with E-state index in [0.717, 1.165) is 11.1 Å². The van der Waals surface area contributed by atoms with E-state index in [-0.39, 0.29) is 5.78 Å². The van der Waals surface area contributed by atoms with Crippen molar-refractivity contribution in [3.63, 3.8) is 0 Å². The molecule has 1 heterocycles. The molecule has 0 aliphatic carbocycles. The third kappa shape index (κ3) is 4.16. The number of hydrogen-bond donors (Lipinski definition) is 0. The molecule has 0 amide bonds. The van der Waals surface area contributed by atoms with Crippen LogP contribution in [0.4, 0.5) is 0 Å². The molecule has 4 rings (SSSR count). The average molecular weight is 389 g/mol. The Morgan fingerprint density at radius 2 is 1.82 bits per heavy atom. The molecule has 0 saturated heterocycles. The van der Waals surface area contributed by atoms with Crippen LogP contribution in [0, 0.1) is 0 Å². The van der Waals surface area contributed by atoms with Crippen LogP contribution in [0.3, 0.4) is 0 Å². The van der Waals surface area contributed by atoms with E-state index >= 15 is 0 Å². The summed E-state index contributed by atoms with van der Waals surface area (Å²) >= 11 is 5.99. The molecule has 3 aromatic carbocycles. The molecule has 1 aliphatic rings. The zero-order chi connectivity index (χ0) is 19.3. The van der Waals surface area contributed by atoms with E-state index in [9.17, 15) is 4.79 Å². The standard InChI is InChI=1S/C24H17ClO3/c25-19-10-4-9-18(14-19)16-27-20-12-13-21-23(15-20)28-22(24(21)26)11-5-8-17-6-2-1-3-7-17/h1-15H,16H2/b8-5+,22-11+. The van der Waals surface area contributed by atoms with Crippen LogP contribution < -0.4 is 9.47 Å². The highest BCUT2D eigenvalue weighted by atomic mass is 35.5. The normalized spacial score (nSPS) is 14.3. The third-order valence-electron chi connectivity index (χ3n) is 4.27. The first-order chi connectivity index (χ1) is 13.7. The van der Waals surface area contributed by atoms with Crippen molar-refractivity contribution >= 4 is 23.5 Å².